The van der Waals surface area contributed by atoms with Gasteiger partial charge in [-0.25, -0.2) is 0 Å². The summed E-state index contributed by atoms with van der Waals surface area (Å²) in [6.45, 7) is 0. The summed E-state index contributed by atoms with van der Waals surface area (Å²) in [4.78, 5) is 5.41. The van der Waals surface area contributed by atoms with E-state index in [0.717, 1.165) is 94.4 Å². The van der Waals surface area contributed by atoms with E-state index in [-0.39, 0.29) is 6.04 Å². The molecular weight excluding hydrogens is 613 g/mol. The lowest BCUT2D eigenvalue weighted by atomic mass is 9.93. The van der Waals surface area contributed by atoms with Crippen LogP contribution in [0.15, 0.2) is 184 Å². The molecule has 0 spiro atoms. The third-order valence-electron chi connectivity index (χ3n) is 9.72. The predicted octanol–water partition coefficient (Wildman–Crippen LogP) is 12.0. The van der Waals surface area contributed by atoms with E-state index >= 15 is 0 Å². The lowest BCUT2D eigenvalue weighted by molar-refractivity contribution is 0.633. The predicted molar refractivity (Wildman–Crippen MR) is 205 cm³/mol. The molecule has 0 amide bonds. The van der Waals surface area contributed by atoms with Crippen molar-refractivity contribution in [1.29, 1.82) is 0 Å². The van der Waals surface area contributed by atoms with E-state index in [4.69, 9.17) is 13.8 Å². The van der Waals surface area contributed by atoms with E-state index < -0.39 is 0 Å². The van der Waals surface area contributed by atoms with Gasteiger partial charge in [0, 0.05) is 32.8 Å². The summed E-state index contributed by atoms with van der Waals surface area (Å²) in [7, 11) is 0. The van der Waals surface area contributed by atoms with Crippen molar-refractivity contribution in [1.82, 2.24) is 5.32 Å². The van der Waals surface area contributed by atoms with Gasteiger partial charge in [-0.2, -0.15) is 0 Å². The first-order valence-electron chi connectivity index (χ1n) is 16.9. The van der Waals surface area contributed by atoms with Crippen LogP contribution >= 0.6 is 0 Å². The molecule has 0 bridgehead atoms. The molecule has 1 atom stereocenters. The van der Waals surface area contributed by atoms with Crippen LogP contribution in [0.25, 0.3) is 71.8 Å². The second-order valence-electron chi connectivity index (χ2n) is 12.8. The van der Waals surface area contributed by atoms with Gasteiger partial charge in [-0.3, -0.25) is 4.99 Å². The Kier molecular flexibility index (Phi) is 6.53. The van der Waals surface area contributed by atoms with Crippen LogP contribution in [0, 0.1) is 0 Å². The molecule has 0 fully saturated rings. The number of amidine groups is 1. The lowest BCUT2D eigenvalue weighted by Gasteiger charge is -2.24. The molecule has 50 heavy (non-hydrogen) atoms. The minimum absolute atomic E-state index is 0.308. The fraction of sp³-hybridized carbons (Fsp3) is 0.0217. The van der Waals surface area contributed by atoms with Gasteiger partial charge in [0.05, 0.1) is 6.04 Å². The number of benzene rings is 7. The number of aliphatic imine (C=N–C) groups is 1. The Bertz CT molecular complexity index is 2700. The molecule has 0 radical (unpaired) electrons. The number of nitrogens with one attached hydrogen (secondary N) is 1. The average molecular weight is 643 g/mol. The average Bonchev–Trinajstić information content (AvgIpc) is 3.77. The van der Waals surface area contributed by atoms with Gasteiger partial charge in [-0.05, 0) is 69.8 Å². The van der Waals surface area contributed by atoms with Crippen molar-refractivity contribution in [3.63, 3.8) is 0 Å². The number of rotatable bonds is 5. The van der Waals surface area contributed by atoms with Crippen LogP contribution in [0.2, 0.25) is 0 Å². The Morgan fingerprint density at radius 1 is 0.440 bits per heavy atom. The molecule has 1 N–H and O–H groups in total. The van der Waals surface area contributed by atoms with Crippen molar-refractivity contribution in [3.05, 3.63) is 187 Å². The van der Waals surface area contributed by atoms with Crippen molar-refractivity contribution in [2.75, 3.05) is 0 Å². The Morgan fingerprint density at radius 2 is 0.960 bits per heavy atom. The monoisotopic (exact) mass is 642 g/mol. The zero-order valence-electron chi connectivity index (χ0n) is 27.0. The number of hydrogen-bond donors (Lipinski definition) is 1. The van der Waals surface area contributed by atoms with Crippen molar-refractivity contribution in [2.45, 2.75) is 6.04 Å². The summed E-state index contributed by atoms with van der Waals surface area (Å²) in [5.41, 5.74) is 11.9. The highest BCUT2D eigenvalue weighted by atomic mass is 16.4. The maximum Gasteiger partial charge on any atom is 0.178 e. The van der Waals surface area contributed by atoms with E-state index in [0.29, 0.717) is 0 Å². The maximum atomic E-state index is 6.78. The maximum absolute atomic E-state index is 6.78. The highest BCUT2D eigenvalue weighted by Gasteiger charge is 2.27. The van der Waals surface area contributed by atoms with Crippen molar-refractivity contribution in [2.24, 2.45) is 4.99 Å². The minimum Gasteiger partial charge on any atom is -0.452 e. The zero-order chi connectivity index (χ0) is 33.0. The highest BCUT2D eigenvalue weighted by Crippen LogP contribution is 2.45. The summed E-state index contributed by atoms with van der Waals surface area (Å²) < 4.78 is 13.4. The second kappa shape index (κ2) is 11.5. The first-order chi connectivity index (χ1) is 24.8. The molecular formula is C46H30N2O2. The lowest BCUT2D eigenvalue weighted by Crippen LogP contribution is -2.27. The van der Waals surface area contributed by atoms with Gasteiger partial charge in [0.2, 0.25) is 0 Å². The summed E-state index contributed by atoms with van der Waals surface area (Å²) in [5, 5.41) is 7.75. The molecule has 10 rings (SSSR count). The van der Waals surface area contributed by atoms with E-state index in [1.54, 1.807) is 0 Å². The van der Waals surface area contributed by atoms with Crippen LogP contribution < -0.4 is 5.32 Å². The quantitative estimate of drug-likeness (QED) is 0.203. The van der Waals surface area contributed by atoms with Crippen LogP contribution in [0.5, 0.6) is 0 Å². The Labute approximate surface area is 288 Å². The van der Waals surface area contributed by atoms with Gasteiger partial charge in [-0.1, -0.05) is 133 Å². The highest BCUT2D eigenvalue weighted by molar-refractivity contribution is 6.21. The van der Waals surface area contributed by atoms with Crippen molar-refractivity contribution in [3.8, 4) is 22.3 Å². The van der Waals surface area contributed by atoms with Gasteiger partial charge in [0.15, 0.2) is 11.2 Å². The minimum atomic E-state index is -0.308. The van der Waals surface area contributed by atoms with E-state index in [1.807, 2.05) is 24.3 Å². The Balaban J connectivity index is 1.28. The first-order valence-corrected chi connectivity index (χ1v) is 16.9. The SMILES string of the molecule is C1=C(c2ccccc2)NC(c2ccccc2)=NC1c1cc2c3cc(-c4ccccc4)ccc3oc2c2oc3ccc(-c4ccccc4)cc3c12. The summed E-state index contributed by atoms with van der Waals surface area (Å²) >= 11 is 0. The van der Waals surface area contributed by atoms with Crippen LogP contribution in [0.4, 0.5) is 0 Å². The van der Waals surface area contributed by atoms with Crippen LogP contribution in [0.1, 0.15) is 22.7 Å². The molecule has 0 saturated carbocycles. The van der Waals surface area contributed by atoms with Gasteiger partial charge in [0.1, 0.15) is 17.0 Å². The summed E-state index contributed by atoms with van der Waals surface area (Å²) in [6, 6.07) is 56.6. The van der Waals surface area contributed by atoms with Crippen LogP contribution in [0.3, 0.4) is 0 Å². The standard InChI is InChI=1S/C46H30N2O2/c1-5-13-29(14-6-1)33-21-23-41-35(25-33)36-27-37(40-28-39(31-17-9-3-10-18-31)47-46(48-40)32-19-11-4-12-20-32)43-38-26-34(30-15-7-2-8-16-30)22-24-42(38)50-45(43)44(36)49-41/h1-28,40H,(H,47,48). The third kappa shape index (κ3) is 4.73. The van der Waals surface area contributed by atoms with Crippen LogP contribution in [-0.4, -0.2) is 5.84 Å². The Hall–Kier alpha value is -6.65. The normalized spacial score (nSPS) is 14.6. The van der Waals surface area contributed by atoms with Crippen molar-refractivity contribution >= 4 is 55.4 Å². The molecule has 4 nitrogen and oxygen atoms in total. The summed E-state index contributed by atoms with van der Waals surface area (Å²) in [6.07, 6.45) is 2.24. The van der Waals surface area contributed by atoms with Gasteiger partial charge < -0.3 is 14.2 Å². The van der Waals surface area contributed by atoms with Gasteiger partial charge >= 0.3 is 0 Å². The Morgan fingerprint density at radius 3 is 1.58 bits per heavy atom. The number of hydrogen-bond acceptors (Lipinski definition) is 4. The van der Waals surface area contributed by atoms with E-state index in [2.05, 4.69) is 151 Å². The number of fused-ring (bicyclic) bond motifs is 7. The van der Waals surface area contributed by atoms with Gasteiger partial charge in [0.25, 0.3) is 0 Å². The number of furan rings is 2. The zero-order valence-corrected chi connectivity index (χ0v) is 27.0. The molecule has 4 heteroatoms. The number of nitrogens with zero attached hydrogens (tertiary/aromatic N) is 1. The topological polar surface area (TPSA) is 50.7 Å². The molecule has 0 aliphatic carbocycles. The molecule has 2 aromatic heterocycles. The summed E-state index contributed by atoms with van der Waals surface area (Å²) in [5.74, 6) is 0.825. The molecule has 1 unspecified atom stereocenters. The third-order valence-corrected chi connectivity index (χ3v) is 9.72. The largest absolute Gasteiger partial charge is 0.452 e. The first kappa shape index (κ1) is 28.4. The van der Waals surface area contributed by atoms with Crippen molar-refractivity contribution < 1.29 is 8.83 Å². The fourth-order valence-corrected chi connectivity index (χ4v) is 7.28. The van der Waals surface area contributed by atoms with Crippen LogP contribution in [-0.2, 0) is 0 Å². The second-order valence-corrected chi connectivity index (χ2v) is 12.8. The van der Waals surface area contributed by atoms with Gasteiger partial charge in [-0.15, -0.1) is 0 Å². The molecule has 0 saturated heterocycles. The smallest absolute Gasteiger partial charge is 0.178 e. The molecule has 9 aromatic rings. The molecule has 1 aliphatic rings. The fourth-order valence-electron chi connectivity index (χ4n) is 7.28. The molecule has 3 heterocycles. The van der Waals surface area contributed by atoms with E-state index in [1.165, 1.54) is 0 Å². The molecule has 236 valence electrons. The molecule has 7 aromatic carbocycles. The van der Waals surface area contributed by atoms with E-state index in [9.17, 15) is 0 Å². The molecule has 1 aliphatic heterocycles.